The van der Waals surface area contributed by atoms with Crippen LogP contribution in [0.1, 0.15) is 18.1 Å². The van der Waals surface area contributed by atoms with E-state index >= 15 is 0 Å². The van der Waals surface area contributed by atoms with E-state index in [9.17, 15) is 9.59 Å². The molecule has 2 aromatic carbocycles. The third-order valence-electron chi connectivity index (χ3n) is 5.18. The van der Waals surface area contributed by atoms with E-state index < -0.39 is 11.6 Å². The van der Waals surface area contributed by atoms with Gasteiger partial charge in [-0.2, -0.15) is 0 Å². The van der Waals surface area contributed by atoms with Gasteiger partial charge < -0.3 is 14.8 Å². The first-order valence-corrected chi connectivity index (χ1v) is 9.81. The van der Waals surface area contributed by atoms with Crippen molar-refractivity contribution in [3.63, 3.8) is 0 Å². The predicted octanol–water partition coefficient (Wildman–Crippen LogP) is 2.12. The lowest BCUT2D eigenvalue weighted by Crippen LogP contribution is -2.40. The van der Waals surface area contributed by atoms with E-state index in [1.807, 2.05) is 6.07 Å². The Morgan fingerprint density at radius 3 is 2.77 bits per heavy atom. The summed E-state index contributed by atoms with van der Waals surface area (Å²) >= 11 is 3.48. The third kappa shape index (κ3) is 2.89. The monoisotopic (exact) mass is 470 g/mol. The van der Waals surface area contributed by atoms with Crippen molar-refractivity contribution in [3.05, 3.63) is 58.3 Å². The molecule has 10 nitrogen and oxygen atoms in total. The summed E-state index contributed by atoms with van der Waals surface area (Å²) in [4.78, 5) is 27.2. The standard InChI is InChI=1S/C19H15BrN6O4/c1-19(12-3-2-4-13(6-12)26-9-21-23-24-26)17(27)25(18(28)22-19)8-11-5-15-16(7-14(11)20)30-10-29-15/h2-7,9H,8,10H2,1H3,(H,22,28). The summed E-state index contributed by atoms with van der Waals surface area (Å²) in [6.07, 6.45) is 1.46. The van der Waals surface area contributed by atoms with Gasteiger partial charge in [0.15, 0.2) is 11.5 Å². The smallest absolute Gasteiger partial charge is 0.325 e. The lowest BCUT2D eigenvalue weighted by atomic mass is 9.91. The molecule has 2 aliphatic heterocycles. The van der Waals surface area contributed by atoms with E-state index in [-0.39, 0.29) is 19.2 Å². The summed E-state index contributed by atoms with van der Waals surface area (Å²) in [5, 5.41) is 13.9. The number of fused-ring (bicyclic) bond motifs is 1. The largest absolute Gasteiger partial charge is 0.454 e. The van der Waals surface area contributed by atoms with Gasteiger partial charge in [0.2, 0.25) is 6.79 Å². The molecule has 1 unspecified atom stereocenters. The zero-order chi connectivity index (χ0) is 20.9. The second-order valence-electron chi connectivity index (χ2n) is 7.05. The van der Waals surface area contributed by atoms with Crippen molar-refractivity contribution in [2.75, 3.05) is 6.79 Å². The summed E-state index contributed by atoms with van der Waals surface area (Å²) in [5.41, 5.74) is 0.817. The molecule has 1 N–H and O–H groups in total. The number of hydrogen-bond acceptors (Lipinski definition) is 7. The number of urea groups is 1. The Labute approximate surface area is 178 Å². The van der Waals surface area contributed by atoms with Gasteiger partial charge in [0.1, 0.15) is 11.9 Å². The summed E-state index contributed by atoms with van der Waals surface area (Å²) in [6.45, 7) is 1.91. The van der Waals surface area contributed by atoms with Crippen LogP contribution in [0.15, 0.2) is 47.2 Å². The van der Waals surface area contributed by atoms with E-state index in [4.69, 9.17) is 9.47 Å². The number of nitrogens with zero attached hydrogens (tertiary/aromatic N) is 5. The number of imide groups is 1. The number of amides is 3. The Balaban J connectivity index is 1.45. The normalized spacial score (nSPS) is 20.0. The SMILES string of the molecule is CC1(c2cccc(-n3cnnn3)c2)NC(=O)N(Cc2cc3c(cc2Br)OCO3)C1=O. The van der Waals surface area contributed by atoms with Gasteiger partial charge in [-0.05, 0) is 52.7 Å². The first kappa shape index (κ1) is 18.6. The fraction of sp³-hybridized carbons (Fsp3) is 0.211. The third-order valence-corrected chi connectivity index (χ3v) is 5.92. The van der Waals surface area contributed by atoms with Crippen molar-refractivity contribution in [3.8, 4) is 17.2 Å². The molecule has 152 valence electrons. The second-order valence-corrected chi connectivity index (χ2v) is 7.90. The molecular formula is C19H15BrN6O4. The van der Waals surface area contributed by atoms with Crippen molar-refractivity contribution in [2.24, 2.45) is 0 Å². The predicted molar refractivity (Wildman–Crippen MR) is 106 cm³/mol. The minimum absolute atomic E-state index is 0.0875. The van der Waals surface area contributed by atoms with Crippen LogP contribution < -0.4 is 14.8 Å². The van der Waals surface area contributed by atoms with E-state index in [0.717, 1.165) is 10.0 Å². The number of carbonyl (C=O) groups excluding carboxylic acids is 2. The number of rotatable bonds is 4. The van der Waals surface area contributed by atoms with Gasteiger partial charge >= 0.3 is 6.03 Å². The highest BCUT2D eigenvalue weighted by molar-refractivity contribution is 9.10. The molecule has 1 atom stereocenters. The molecule has 11 heteroatoms. The molecule has 0 spiro atoms. The number of aromatic nitrogens is 4. The second kappa shape index (κ2) is 6.80. The molecule has 0 radical (unpaired) electrons. The van der Waals surface area contributed by atoms with Crippen LogP contribution >= 0.6 is 15.9 Å². The first-order valence-electron chi connectivity index (χ1n) is 9.02. The molecule has 1 saturated heterocycles. The van der Waals surface area contributed by atoms with Crippen molar-refractivity contribution < 1.29 is 19.1 Å². The van der Waals surface area contributed by atoms with Gasteiger partial charge in [0.25, 0.3) is 5.91 Å². The zero-order valence-electron chi connectivity index (χ0n) is 15.7. The van der Waals surface area contributed by atoms with E-state index in [1.165, 1.54) is 15.9 Å². The lowest BCUT2D eigenvalue weighted by Gasteiger charge is -2.23. The quantitative estimate of drug-likeness (QED) is 0.581. The van der Waals surface area contributed by atoms with E-state index in [1.54, 1.807) is 37.3 Å². The summed E-state index contributed by atoms with van der Waals surface area (Å²) in [7, 11) is 0. The first-order chi connectivity index (χ1) is 14.5. The summed E-state index contributed by atoms with van der Waals surface area (Å²) in [6, 6.07) is 10.2. The van der Waals surface area contributed by atoms with Crippen molar-refractivity contribution in [2.45, 2.75) is 19.0 Å². The number of tetrazole rings is 1. The van der Waals surface area contributed by atoms with Crippen LogP contribution in [0.25, 0.3) is 5.69 Å². The molecule has 1 aromatic heterocycles. The molecule has 0 saturated carbocycles. The van der Waals surface area contributed by atoms with Crippen LogP contribution in [0.2, 0.25) is 0 Å². The van der Waals surface area contributed by atoms with Crippen LogP contribution in [0.5, 0.6) is 11.5 Å². The van der Waals surface area contributed by atoms with Gasteiger partial charge in [0, 0.05) is 4.47 Å². The maximum atomic E-state index is 13.3. The molecule has 3 aromatic rings. The fourth-order valence-electron chi connectivity index (χ4n) is 3.53. The molecule has 0 bridgehead atoms. The number of benzene rings is 2. The van der Waals surface area contributed by atoms with Gasteiger partial charge in [-0.25, -0.2) is 9.48 Å². The Hall–Kier alpha value is -3.47. The number of nitrogens with one attached hydrogen (secondary N) is 1. The van der Waals surface area contributed by atoms with E-state index in [2.05, 4.69) is 36.8 Å². The fourth-order valence-corrected chi connectivity index (χ4v) is 3.97. The van der Waals surface area contributed by atoms with Crippen molar-refractivity contribution >= 4 is 27.9 Å². The van der Waals surface area contributed by atoms with Crippen LogP contribution in [-0.4, -0.2) is 43.8 Å². The maximum absolute atomic E-state index is 13.3. The molecular weight excluding hydrogens is 456 g/mol. The van der Waals surface area contributed by atoms with Gasteiger partial charge in [-0.15, -0.1) is 5.10 Å². The zero-order valence-corrected chi connectivity index (χ0v) is 17.3. The molecule has 2 aliphatic rings. The van der Waals surface area contributed by atoms with E-state index in [0.29, 0.717) is 22.7 Å². The highest BCUT2D eigenvalue weighted by Gasteiger charge is 2.49. The highest BCUT2D eigenvalue weighted by atomic mass is 79.9. The van der Waals surface area contributed by atoms with Crippen LogP contribution in [-0.2, 0) is 16.9 Å². The molecule has 3 heterocycles. The Morgan fingerprint density at radius 2 is 2.00 bits per heavy atom. The summed E-state index contributed by atoms with van der Waals surface area (Å²) < 4.78 is 13.0. The maximum Gasteiger partial charge on any atom is 0.325 e. The molecule has 0 aliphatic carbocycles. The van der Waals surface area contributed by atoms with Crippen molar-refractivity contribution in [1.82, 2.24) is 30.4 Å². The minimum atomic E-state index is -1.22. The highest BCUT2D eigenvalue weighted by Crippen LogP contribution is 2.38. The van der Waals surface area contributed by atoms with Gasteiger partial charge in [-0.3, -0.25) is 9.69 Å². The average Bonchev–Trinajstić information content (AvgIpc) is 3.46. The minimum Gasteiger partial charge on any atom is -0.454 e. The number of hydrogen-bond donors (Lipinski definition) is 1. The van der Waals surface area contributed by atoms with Gasteiger partial charge in [-0.1, -0.05) is 28.1 Å². The van der Waals surface area contributed by atoms with Crippen LogP contribution in [0, 0.1) is 0 Å². The van der Waals surface area contributed by atoms with Crippen LogP contribution in [0.3, 0.4) is 0 Å². The molecule has 5 rings (SSSR count). The Kier molecular flexibility index (Phi) is 4.21. The lowest BCUT2D eigenvalue weighted by molar-refractivity contribution is -0.131. The topological polar surface area (TPSA) is 111 Å². The molecule has 3 amide bonds. The van der Waals surface area contributed by atoms with Crippen LogP contribution in [0.4, 0.5) is 4.79 Å². The number of ether oxygens (including phenoxy) is 2. The number of carbonyl (C=O) groups is 2. The Morgan fingerprint density at radius 1 is 1.20 bits per heavy atom. The average molecular weight is 471 g/mol. The molecule has 1 fully saturated rings. The molecule has 30 heavy (non-hydrogen) atoms. The van der Waals surface area contributed by atoms with Crippen molar-refractivity contribution in [1.29, 1.82) is 0 Å². The summed E-state index contributed by atoms with van der Waals surface area (Å²) in [5.74, 6) is 0.843. The Bertz CT molecular complexity index is 1170. The number of halogens is 1. The van der Waals surface area contributed by atoms with Gasteiger partial charge in [0.05, 0.1) is 12.2 Å².